The van der Waals surface area contributed by atoms with Crippen molar-refractivity contribution in [2.45, 2.75) is 45.6 Å². The molecule has 0 atom stereocenters. The summed E-state index contributed by atoms with van der Waals surface area (Å²) in [5.41, 5.74) is 11.1. The van der Waals surface area contributed by atoms with Crippen molar-refractivity contribution < 1.29 is 9.59 Å². The van der Waals surface area contributed by atoms with Gasteiger partial charge in [-0.1, -0.05) is 19.1 Å². The fourth-order valence-electron chi connectivity index (χ4n) is 6.30. The van der Waals surface area contributed by atoms with E-state index in [1.165, 1.54) is 31.6 Å². The van der Waals surface area contributed by atoms with Crippen LogP contribution >= 0.6 is 0 Å². The molecule has 1 aromatic heterocycles. The van der Waals surface area contributed by atoms with E-state index in [0.717, 1.165) is 43.0 Å². The summed E-state index contributed by atoms with van der Waals surface area (Å²) in [4.78, 5) is 43.9. The molecular weight excluding hydrogens is 528 g/mol. The summed E-state index contributed by atoms with van der Waals surface area (Å²) in [7, 11) is 2.20. The van der Waals surface area contributed by atoms with Crippen molar-refractivity contribution in [2.75, 3.05) is 69.6 Å². The van der Waals surface area contributed by atoms with Crippen molar-refractivity contribution in [1.82, 2.24) is 24.7 Å². The first-order chi connectivity index (χ1) is 20.3. The van der Waals surface area contributed by atoms with Crippen LogP contribution in [0.2, 0.25) is 0 Å². The Hall–Kier alpha value is -3.76. The summed E-state index contributed by atoms with van der Waals surface area (Å²) in [6, 6.07) is 6.91. The SMILES string of the molecule is C=CCN1CC=C(c2nc(Nc3ccc(N4CCC(N5CCN(C)CC5)CC4)c(C)c3)c(C(N)=O)nc2CC)CC1=O. The van der Waals surface area contributed by atoms with Crippen molar-refractivity contribution in [3.63, 3.8) is 0 Å². The molecule has 0 saturated carbocycles. The highest BCUT2D eigenvalue weighted by atomic mass is 16.2. The Labute approximate surface area is 249 Å². The van der Waals surface area contributed by atoms with Crippen LogP contribution in [-0.4, -0.2) is 102 Å². The van der Waals surface area contributed by atoms with Gasteiger partial charge in [0.25, 0.3) is 5.91 Å². The van der Waals surface area contributed by atoms with Gasteiger partial charge in [0, 0.05) is 69.8 Å². The van der Waals surface area contributed by atoms with Gasteiger partial charge in [-0.05, 0) is 62.6 Å². The third-order valence-corrected chi connectivity index (χ3v) is 8.76. The number of rotatable bonds is 9. The van der Waals surface area contributed by atoms with E-state index in [4.69, 9.17) is 10.7 Å². The van der Waals surface area contributed by atoms with Crippen LogP contribution in [0.15, 0.2) is 36.9 Å². The number of carbonyl (C=O) groups is 2. The number of benzene rings is 1. The average Bonchev–Trinajstić information content (AvgIpc) is 2.98. The Kier molecular flexibility index (Phi) is 9.23. The number of anilines is 3. The number of nitrogens with one attached hydrogen (secondary N) is 1. The summed E-state index contributed by atoms with van der Waals surface area (Å²) in [5, 5.41) is 3.31. The lowest BCUT2D eigenvalue weighted by atomic mass is 10.0. The van der Waals surface area contributed by atoms with E-state index >= 15 is 0 Å². The minimum atomic E-state index is -0.645. The number of carbonyl (C=O) groups excluding carboxylic acids is 2. The van der Waals surface area contributed by atoms with Gasteiger partial charge in [0.2, 0.25) is 5.91 Å². The number of amides is 2. The first-order valence-corrected chi connectivity index (χ1v) is 15.1. The van der Waals surface area contributed by atoms with Gasteiger partial charge >= 0.3 is 0 Å². The molecule has 42 heavy (non-hydrogen) atoms. The molecule has 1 aromatic carbocycles. The molecule has 3 aliphatic heterocycles. The second-order valence-electron chi connectivity index (χ2n) is 11.6. The molecule has 10 nitrogen and oxygen atoms in total. The number of hydrogen-bond acceptors (Lipinski definition) is 8. The van der Waals surface area contributed by atoms with Gasteiger partial charge in [-0.15, -0.1) is 6.58 Å². The minimum absolute atomic E-state index is 0.0171. The van der Waals surface area contributed by atoms with E-state index in [-0.39, 0.29) is 18.0 Å². The van der Waals surface area contributed by atoms with Gasteiger partial charge in [0.1, 0.15) is 0 Å². The van der Waals surface area contributed by atoms with Crippen LogP contribution in [0.3, 0.4) is 0 Å². The smallest absolute Gasteiger partial charge is 0.271 e. The van der Waals surface area contributed by atoms with Crippen LogP contribution in [-0.2, 0) is 11.2 Å². The second kappa shape index (κ2) is 13.0. The van der Waals surface area contributed by atoms with Crippen LogP contribution in [0.1, 0.15) is 53.6 Å². The molecule has 0 unspecified atom stereocenters. The van der Waals surface area contributed by atoms with Crippen LogP contribution < -0.4 is 16.0 Å². The lowest BCUT2D eigenvalue weighted by molar-refractivity contribution is -0.129. The van der Waals surface area contributed by atoms with Gasteiger partial charge in [0.05, 0.1) is 17.8 Å². The maximum atomic E-state index is 12.7. The molecule has 224 valence electrons. The highest BCUT2D eigenvalue weighted by Crippen LogP contribution is 2.31. The van der Waals surface area contributed by atoms with Crippen molar-refractivity contribution in [1.29, 1.82) is 0 Å². The summed E-state index contributed by atoms with van der Waals surface area (Å²) >= 11 is 0. The number of piperidine rings is 1. The average molecular weight is 573 g/mol. The highest BCUT2D eigenvalue weighted by molar-refractivity contribution is 5.97. The standard InChI is InChI=1S/C32H44N8O2/c1-5-12-40-13-9-23(21-28(40)41)29-26(6-2)35-30(31(33)42)32(36-29)34-24-7-8-27(22(3)20-24)39-14-10-25(11-15-39)38-18-16-37(4)17-19-38/h5,7-9,20,25H,1,6,10-19,21H2,2-4H3,(H2,33,42)(H,34,36). The zero-order chi connectivity index (χ0) is 29.8. The van der Waals surface area contributed by atoms with Crippen LogP contribution in [0.4, 0.5) is 17.2 Å². The fourth-order valence-corrected chi connectivity index (χ4v) is 6.30. The van der Waals surface area contributed by atoms with E-state index in [1.807, 2.05) is 19.1 Å². The quantitative estimate of drug-likeness (QED) is 0.441. The van der Waals surface area contributed by atoms with E-state index in [9.17, 15) is 9.59 Å². The maximum Gasteiger partial charge on any atom is 0.271 e. The molecule has 0 spiro atoms. The van der Waals surface area contributed by atoms with E-state index in [0.29, 0.717) is 42.8 Å². The number of nitrogens with zero attached hydrogens (tertiary/aromatic N) is 6. The third kappa shape index (κ3) is 6.50. The van der Waals surface area contributed by atoms with E-state index in [2.05, 4.69) is 57.7 Å². The van der Waals surface area contributed by atoms with E-state index < -0.39 is 5.91 Å². The van der Waals surface area contributed by atoms with Crippen molar-refractivity contribution in [3.8, 4) is 0 Å². The zero-order valence-corrected chi connectivity index (χ0v) is 25.2. The zero-order valence-electron chi connectivity index (χ0n) is 25.2. The predicted molar refractivity (Wildman–Crippen MR) is 168 cm³/mol. The molecule has 2 fully saturated rings. The molecule has 4 heterocycles. The lowest BCUT2D eigenvalue weighted by Crippen LogP contribution is -2.52. The molecule has 2 saturated heterocycles. The molecule has 0 radical (unpaired) electrons. The van der Waals surface area contributed by atoms with Gasteiger partial charge in [-0.2, -0.15) is 0 Å². The fraction of sp³-hybridized carbons (Fsp3) is 0.500. The van der Waals surface area contributed by atoms with Crippen molar-refractivity contribution in [3.05, 3.63) is 59.6 Å². The summed E-state index contributed by atoms with van der Waals surface area (Å²) in [5.74, 6) is -0.325. The van der Waals surface area contributed by atoms with Crippen LogP contribution in [0.5, 0.6) is 0 Å². The molecule has 2 amide bonds. The first kappa shape index (κ1) is 29.7. The molecular formula is C32H44N8O2. The lowest BCUT2D eigenvalue weighted by Gasteiger charge is -2.43. The Bertz CT molecular complexity index is 1360. The number of piperazine rings is 1. The van der Waals surface area contributed by atoms with Crippen LogP contribution in [0, 0.1) is 6.92 Å². The number of aryl methyl sites for hydroxylation is 2. The second-order valence-corrected chi connectivity index (χ2v) is 11.6. The topological polar surface area (TPSA) is 111 Å². The molecule has 0 aliphatic carbocycles. The van der Waals surface area contributed by atoms with E-state index in [1.54, 1.807) is 11.0 Å². The largest absolute Gasteiger partial charge is 0.371 e. The molecule has 10 heteroatoms. The van der Waals surface area contributed by atoms with Gasteiger partial charge in [-0.3, -0.25) is 14.5 Å². The number of hydrogen-bond donors (Lipinski definition) is 2. The summed E-state index contributed by atoms with van der Waals surface area (Å²) < 4.78 is 0. The van der Waals surface area contributed by atoms with Gasteiger partial charge in [0.15, 0.2) is 11.5 Å². The third-order valence-electron chi connectivity index (χ3n) is 8.76. The minimum Gasteiger partial charge on any atom is -0.371 e. The van der Waals surface area contributed by atoms with Crippen molar-refractivity contribution >= 4 is 34.6 Å². The van der Waals surface area contributed by atoms with Crippen LogP contribution in [0.25, 0.3) is 5.57 Å². The number of aromatic nitrogens is 2. The Morgan fingerprint density at radius 1 is 1.14 bits per heavy atom. The van der Waals surface area contributed by atoms with Crippen molar-refractivity contribution in [2.24, 2.45) is 5.73 Å². The Balaban J connectivity index is 1.33. The molecule has 2 aromatic rings. The highest BCUT2D eigenvalue weighted by Gasteiger charge is 2.28. The summed E-state index contributed by atoms with van der Waals surface area (Å²) in [6.45, 7) is 15.5. The Morgan fingerprint density at radius 3 is 2.50 bits per heavy atom. The molecule has 5 rings (SSSR count). The number of nitrogens with two attached hydrogens (primary N) is 1. The summed E-state index contributed by atoms with van der Waals surface area (Å²) in [6.07, 6.45) is 6.87. The normalized spacial score (nSPS) is 19.1. The number of primary amides is 1. The first-order valence-electron chi connectivity index (χ1n) is 15.1. The Morgan fingerprint density at radius 2 is 1.88 bits per heavy atom. The maximum absolute atomic E-state index is 12.7. The predicted octanol–water partition coefficient (Wildman–Crippen LogP) is 3.21. The van der Waals surface area contributed by atoms with Gasteiger partial charge < -0.3 is 25.8 Å². The molecule has 0 bridgehead atoms. The molecule has 3 N–H and O–H groups in total. The monoisotopic (exact) mass is 572 g/mol. The molecule has 3 aliphatic rings. The number of likely N-dealkylation sites (N-methyl/N-ethyl adjacent to an activating group) is 1. The van der Waals surface area contributed by atoms with Gasteiger partial charge in [-0.25, -0.2) is 9.97 Å².